The van der Waals surface area contributed by atoms with Gasteiger partial charge in [0.2, 0.25) is 5.13 Å². The molecule has 0 unspecified atom stereocenters. The average Bonchev–Trinajstić information content (AvgIpc) is 3.04. The molecule has 3 rings (SSSR count). The molecule has 1 aromatic carbocycles. The smallest absolute Gasteiger partial charge is 0.400 e. The summed E-state index contributed by atoms with van der Waals surface area (Å²) in [5, 5.41) is 14.8. The normalized spacial score (nSPS) is 11.3. The van der Waals surface area contributed by atoms with E-state index in [1.54, 1.807) is 6.07 Å². The molecule has 0 saturated heterocycles. The van der Waals surface area contributed by atoms with Crippen LogP contribution >= 0.6 is 11.3 Å². The van der Waals surface area contributed by atoms with E-state index in [9.17, 15) is 14.5 Å². The first kappa shape index (κ1) is 13.2. The van der Waals surface area contributed by atoms with Crippen LogP contribution in [0.3, 0.4) is 0 Å². The molecule has 0 amide bonds. The number of hydrazone groups is 1. The molecule has 0 radical (unpaired) electrons. The van der Waals surface area contributed by atoms with Crippen LogP contribution in [0.4, 0.5) is 15.4 Å². The largest absolute Gasteiger partial charge is 0.433 e. The molecule has 0 aliphatic carbocycles. The Morgan fingerprint density at radius 1 is 1.43 bits per heavy atom. The number of nitro groups is 1. The lowest BCUT2D eigenvalue weighted by Gasteiger charge is -1.90. The zero-order valence-electron chi connectivity index (χ0n) is 10.3. The molecule has 0 bridgehead atoms. The van der Waals surface area contributed by atoms with Gasteiger partial charge in [0.15, 0.2) is 5.76 Å². The van der Waals surface area contributed by atoms with Gasteiger partial charge in [-0.25, -0.2) is 9.37 Å². The fourth-order valence-electron chi connectivity index (χ4n) is 1.61. The maximum Gasteiger partial charge on any atom is 0.433 e. The summed E-state index contributed by atoms with van der Waals surface area (Å²) in [5.41, 5.74) is 3.33. The monoisotopic (exact) mass is 306 g/mol. The van der Waals surface area contributed by atoms with Crippen molar-refractivity contribution >= 4 is 38.8 Å². The van der Waals surface area contributed by atoms with Crippen LogP contribution < -0.4 is 5.43 Å². The number of aromatic nitrogens is 1. The van der Waals surface area contributed by atoms with Crippen LogP contribution in [0.15, 0.2) is 39.9 Å². The topological polar surface area (TPSA) is 93.6 Å². The maximum absolute atomic E-state index is 13.0. The summed E-state index contributed by atoms with van der Waals surface area (Å²) in [6.45, 7) is 0. The molecule has 0 saturated carbocycles. The van der Waals surface area contributed by atoms with E-state index in [-0.39, 0.29) is 17.5 Å². The Morgan fingerprint density at radius 3 is 3.05 bits per heavy atom. The lowest BCUT2D eigenvalue weighted by molar-refractivity contribution is -0.402. The zero-order valence-corrected chi connectivity index (χ0v) is 11.1. The van der Waals surface area contributed by atoms with Gasteiger partial charge in [0.25, 0.3) is 0 Å². The van der Waals surface area contributed by atoms with E-state index in [0.29, 0.717) is 15.3 Å². The van der Waals surface area contributed by atoms with E-state index in [1.165, 1.54) is 41.8 Å². The molecule has 0 atom stereocenters. The van der Waals surface area contributed by atoms with Crippen LogP contribution in [0.2, 0.25) is 0 Å². The van der Waals surface area contributed by atoms with Crippen molar-refractivity contribution in [2.24, 2.45) is 5.10 Å². The van der Waals surface area contributed by atoms with E-state index in [0.717, 1.165) is 0 Å². The van der Waals surface area contributed by atoms with Crippen molar-refractivity contribution in [3.05, 3.63) is 52.0 Å². The van der Waals surface area contributed by atoms with Crippen LogP contribution in [-0.2, 0) is 0 Å². The van der Waals surface area contributed by atoms with Crippen LogP contribution in [0.5, 0.6) is 0 Å². The minimum atomic E-state index is -0.632. The van der Waals surface area contributed by atoms with Crippen LogP contribution in [0.25, 0.3) is 10.2 Å². The lowest BCUT2D eigenvalue weighted by atomic mass is 10.3. The van der Waals surface area contributed by atoms with Gasteiger partial charge in [0, 0.05) is 0 Å². The molecule has 0 aliphatic heterocycles. The van der Waals surface area contributed by atoms with Crippen molar-refractivity contribution in [3.63, 3.8) is 0 Å². The number of anilines is 1. The molecule has 0 spiro atoms. The number of nitrogens with one attached hydrogen (secondary N) is 1. The highest BCUT2D eigenvalue weighted by Gasteiger charge is 2.10. The van der Waals surface area contributed by atoms with Crippen molar-refractivity contribution in [1.29, 1.82) is 0 Å². The highest BCUT2D eigenvalue weighted by atomic mass is 32.1. The van der Waals surface area contributed by atoms with Crippen molar-refractivity contribution in [1.82, 2.24) is 4.98 Å². The van der Waals surface area contributed by atoms with Crippen molar-refractivity contribution in [2.45, 2.75) is 0 Å². The van der Waals surface area contributed by atoms with E-state index >= 15 is 0 Å². The van der Waals surface area contributed by atoms with Crippen LogP contribution in [-0.4, -0.2) is 16.1 Å². The Balaban J connectivity index is 1.73. The van der Waals surface area contributed by atoms with Gasteiger partial charge in [-0.05, 0) is 24.3 Å². The molecule has 7 nitrogen and oxygen atoms in total. The third-order valence-corrected chi connectivity index (χ3v) is 3.42. The minimum absolute atomic E-state index is 0.237. The second-order valence-electron chi connectivity index (χ2n) is 3.93. The molecule has 9 heteroatoms. The number of nitrogens with zero attached hydrogens (tertiary/aromatic N) is 3. The highest BCUT2D eigenvalue weighted by Crippen LogP contribution is 2.26. The Hall–Kier alpha value is -2.81. The zero-order chi connectivity index (χ0) is 14.8. The molecule has 3 aromatic rings. The number of hydrogen-bond acceptors (Lipinski definition) is 7. The predicted octanol–water partition coefficient (Wildman–Crippen LogP) is 3.38. The summed E-state index contributed by atoms with van der Waals surface area (Å²) in [4.78, 5) is 14.0. The van der Waals surface area contributed by atoms with Gasteiger partial charge in [-0.3, -0.25) is 15.5 Å². The fourth-order valence-corrected chi connectivity index (χ4v) is 2.45. The number of thiazole rings is 1. The molecular weight excluding hydrogens is 299 g/mol. The number of hydrogen-bond donors (Lipinski definition) is 1. The molecule has 21 heavy (non-hydrogen) atoms. The third kappa shape index (κ3) is 2.87. The first-order valence-corrected chi connectivity index (χ1v) is 6.53. The Kier molecular flexibility index (Phi) is 3.32. The van der Waals surface area contributed by atoms with Crippen molar-refractivity contribution < 1.29 is 13.7 Å². The molecule has 106 valence electrons. The van der Waals surface area contributed by atoms with E-state index < -0.39 is 4.92 Å². The van der Waals surface area contributed by atoms with Crippen molar-refractivity contribution in [2.75, 3.05) is 5.43 Å². The molecular formula is C12H7FN4O3S. The second kappa shape index (κ2) is 5.29. The van der Waals surface area contributed by atoms with Gasteiger partial charge in [-0.15, -0.1) is 0 Å². The van der Waals surface area contributed by atoms with Gasteiger partial charge in [0.05, 0.1) is 22.5 Å². The molecule has 1 N–H and O–H groups in total. The molecule has 2 heterocycles. The SMILES string of the molecule is O=[N+]([O-])c1ccc(C=NNc2nc3ccc(F)cc3s2)o1. The number of benzene rings is 1. The summed E-state index contributed by atoms with van der Waals surface area (Å²) < 4.78 is 18.6. The van der Waals surface area contributed by atoms with Gasteiger partial charge in [-0.2, -0.15) is 5.10 Å². The Bertz CT molecular complexity index is 842. The summed E-state index contributed by atoms with van der Waals surface area (Å²) in [7, 11) is 0. The highest BCUT2D eigenvalue weighted by molar-refractivity contribution is 7.22. The van der Waals surface area contributed by atoms with E-state index in [2.05, 4.69) is 15.5 Å². The number of halogens is 1. The summed E-state index contributed by atoms with van der Waals surface area (Å²) in [5.74, 6) is -0.447. The number of rotatable bonds is 4. The Morgan fingerprint density at radius 2 is 2.29 bits per heavy atom. The molecule has 2 aromatic heterocycles. The fraction of sp³-hybridized carbons (Fsp3) is 0. The van der Waals surface area contributed by atoms with Crippen LogP contribution in [0, 0.1) is 15.9 Å². The number of fused-ring (bicyclic) bond motifs is 1. The van der Waals surface area contributed by atoms with Gasteiger partial charge in [-0.1, -0.05) is 11.3 Å². The third-order valence-electron chi connectivity index (χ3n) is 2.50. The average molecular weight is 306 g/mol. The summed E-state index contributed by atoms with van der Waals surface area (Å²) in [6, 6.07) is 6.96. The van der Waals surface area contributed by atoms with Gasteiger partial charge < -0.3 is 4.42 Å². The first-order valence-electron chi connectivity index (χ1n) is 5.71. The minimum Gasteiger partial charge on any atom is -0.400 e. The van der Waals surface area contributed by atoms with Crippen molar-refractivity contribution in [3.8, 4) is 0 Å². The molecule has 0 fully saturated rings. The quantitative estimate of drug-likeness (QED) is 0.453. The van der Waals surface area contributed by atoms with E-state index in [4.69, 9.17) is 4.42 Å². The Labute approximate surface area is 120 Å². The van der Waals surface area contributed by atoms with Gasteiger partial charge in [0.1, 0.15) is 10.7 Å². The maximum atomic E-state index is 13.0. The molecule has 0 aliphatic rings. The van der Waals surface area contributed by atoms with E-state index in [1.807, 2.05) is 0 Å². The summed E-state index contributed by atoms with van der Waals surface area (Å²) in [6.07, 6.45) is 1.29. The standard InChI is InChI=1S/C12H7FN4O3S/c13-7-1-3-9-10(5-7)21-12(15-9)16-14-6-8-2-4-11(20-8)17(18)19/h1-6H,(H,15,16). The van der Waals surface area contributed by atoms with Crippen LogP contribution in [0.1, 0.15) is 5.76 Å². The second-order valence-corrected chi connectivity index (χ2v) is 4.96. The first-order chi connectivity index (χ1) is 10.1. The van der Waals surface area contributed by atoms with Gasteiger partial charge >= 0.3 is 5.88 Å². The predicted molar refractivity (Wildman–Crippen MR) is 76.2 cm³/mol. The summed E-state index contributed by atoms with van der Waals surface area (Å²) >= 11 is 1.24. The number of furan rings is 1. The lowest BCUT2D eigenvalue weighted by Crippen LogP contribution is -1.88.